The predicted octanol–water partition coefficient (Wildman–Crippen LogP) is 4.09. The van der Waals surface area contributed by atoms with Gasteiger partial charge in [-0.1, -0.05) is 60.7 Å². The molecule has 4 rings (SSSR count). The Kier molecular flexibility index (Phi) is 6.89. The lowest BCUT2D eigenvalue weighted by Gasteiger charge is -2.36. The van der Waals surface area contributed by atoms with E-state index in [9.17, 15) is 8.42 Å². The number of ether oxygens (including phenoxy) is 1. The number of aromatic nitrogens is 1. The van der Waals surface area contributed by atoms with Gasteiger partial charge in [-0.25, -0.2) is 13.4 Å². The van der Waals surface area contributed by atoms with Crippen molar-refractivity contribution >= 4 is 15.8 Å². The van der Waals surface area contributed by atoms with Crippen molar-refractivity contribution in [3.63, 3.8) is 0 Å². The minimum Gasteiger partial charge on any atom is -0.372 e. The van der Waals surface area contributed by atoms with Crippen LogP contribution in [0.1, 0.15) is 25.0 Å². The number of rotatable bonds is 7. The zero-order valence-corrected chi connectivity index (χ0v) is 19.3. The number of sulfonamides is 1. The third-order valence-electron chi connectivity index (χ3n) is 5.51. The molecule has 0 spiro atoms. The third-order valence-corrected chi connectivity index (χ3v) is 7.28. The van der Waals surface area contributed by atoms with Gasteiger partial charge in [-0.05, 0) is 37.1 Å². The quantitative estimate of drug-likeness (QED) is 0.542. The molecular weight excluding hydrogens is 422 g/mol. The molecule has 0 amide bonds. The molecule has 1 aliphatic heterocycles. The lowest BCUT2D eigenvalue weighted by Crippen LogP contribution is -2.45. The number of hydrogen-bond donors (Lipinski definition) is 0. The largest absolute Gasteiger partial charge is 0.372 e. The van der Waals surface area contributed by atoms with Crippen LogP contribution < -0.4 is 4.90 Å². The highest BCUT2D eigenvalue weighted by molar-refractivity contribution is 7.89. The van der Waals surface area contributed by atoms with Crippen LogP contribution in [-0.4, -0.2) is 43.0 Å². The summed E-state index contributed by atoms with van der Waals surface area (Å²) in [4.78, 5) is 6.84. The van der Waals surface area contributed by atoms with Crippen LogP contribution in [-0.2, 0) is 27.8 Å². The Morgan fingerprint density at radius 3 is 1.88 bits per heavy atom. The van der Waals surface area contributed by atoms with E-state index in [4.69, 9.17) is 4.74 Å². The molecule has 0 saturated carbocycles. The Bertz CT molecular complexity index is 1050. The van der Waals surface area contributed by atoms with Crippen LogP contribution in [0.15, 0.2) is 83.9 Å². The summed E-state index contributed by atoms with van der Waals surface area (Å²) in [5.74, 6) is 0.767. The Balaban J connectivity index is 1.59. The first-order chi connectivity index (χ1) is 15.4. The molecule has 0 unspecified atom stereocenters. The van der Waals surface area contributed by atoms with E-state index >= 15 is 0 Å². The highest BCUT2D eigenvalue weighted by Crippen LogP contribution is 2.24. The molecule has 2 heterocycles. The number of hydrogen-bond acceptors (Lipinski definition) is 5. The first-order valence-electron chi connectivity index (χ1n) is 10.9. The van der Waals surface area contributed by atoms with E-state index in [-0.39, 0.29) is 30.2 Å². The molecule has 7 heteroatoms. The van der Waals surface area contributed by atoms with Gasteiger partial charge < -0.3 is 9.64 Å². The van der Waals surface area contributed by atoms with Crippen molar-refractivity contribution in [1.29, 1.82) is 0 Å². The fraction of sp³-hybridized carbons (Fsp3) is 0.320. The lowest BCUT2D eigenvalue weighted by atomic mass is 10.2. The molecule has 0 N–H and O–H groups in total. The van der Waals surface area contributed by atoms with Crippen molar-refractivity contribution in [1.82, 2.24) is 9.29 Å². The van der Waals surface area contributed by atoms with E-state index in [1.807, 2.05) is 74.5 Å². The molecule has 1 saturated heterocycles. The molecule has 3 aromatic rings. The minimum absolute atomic E-state index is 0.108. The maximum Gasteiger partial charge on any atom is 0.245 e. The van der Waals surface area contributed by atoms with Gasteiger partial charge in [0.25, 0.3) is 0 Å². The molecule has 32 heavy (non-hydrogen) atoms. The zero-order chi connectivity index (χ0) is 22.6. The van der Waals surface area contributed by atoms with Crippen molar-refractivity contribution in [2.75, 3.05) is 18.0 Å². The molecule has 2 atom stereocenters. The van der Waals surface area contributed by atoms with Gasteiger partial charge in [-0.3, -0.25) is 0 Å². The zero-order valence-electron chi connectivity index (χ0n) is 18.5. The van der Waals surface area contributed by atoms with Crippen molar-refractivity contribution in [3.8, 4) is 0 Å². The van der Waals surface area contributed by atoms with Crippen LogP contribution in [0.5, 0.6) is 0 Å². The standard InChI is InChI=1S/C25H29N3O3S/c1-20-16-27(17-21(2)31-20)25-14-13-24(15-26-25)32(29,30)28(18-22-9-5-3-6-10-22)19-23-11-7-4-8-12-23/h3-15,20-21H,16-19H2,1-2H3/t20-,21+. The summed E-state index contributed by atoms with van der Waals surface area (Å²) in [5.41, 5.74) is 1.88. The topological polar surface area (TPSA) is 62.7 Å². The molecule has 0 aliphatic carbocycles. The maximum atomic E-state index is 13.6. The van der Waals surface area contributed by atoms with Crippen molar-refractivity contribution < 1.29 is 13.2 Å². The van der Waals surface area contributed by atoms with Crippen molar-refractivity contribution in [2.24, 2.45) is 0 Å². The lowest BCUT2D eigenvalue weighted by molar-refractivity contribution is -0.00546. The minimum atomic E-state index is -3.74. The van der Waals surface area contributed by atoms with E-state index in [0.717, 1.165) is 30.0 Å². The summed E-state index contributed by atoms with van der Waals surface area (Å²) >= 11 is 0. The van der Waals surface area contributed by atoms with Crippen LogP contribution in [0.4, 0.5) is 5.82 Å². The normalized spacial score (nSPS) is 19.3. The number of nitrogens with zero attached hydrogens (tertiary/aromatic N) is 3. The van der Waals surface area contributed by atoms with Gasteiger partial charge in [0.05, 0.1) is 12.2 Å². The van der Waals surface area contributed by atoms with Gasteiger partial charge in [0.2, 0.25) is 10.0 Å². The van der Waals surface area contributed by atoms with E-state index in [1.165, 1.54) is 10.5 Å². The summed E-state index contributed by atoms with van der Waals surface area (Å²) < 4.78 is 34.5. The molecule has 1 aliphatic rings. The molecule has 0 bridgehead atoms. The van der Waals surface area contributed by atoms with Crippen LogP contribution in [0, 0.1) is 0 Å². The highest BCUT2D eigenvalue weighted by atomic mass is 32.2. The smallest absolute Gasteiger partial charge is 0.245 e. The SMILES string of the molecule is C[C@@H]1CN(c2ccc(S(=O)(=O)N(Cc3ccccc3)Cc3ccccc3)cn2)C[C@H](C)O1. The van der Waals surface area contributed by atoms with Gasteiger partial charge in [0, 0.05) is 32.4 Å². The first-order valence-corrected chi connectivity index (χ1v) is 12.3. The Morgan fingerprint density at radius 2 is 1.41 bits per heavy atom. The Morgan fingerprint density at radius 1 is 0.875 bits per heavy atom. The van der Waals surface area contributed by atoms with Gasteiger partial charge in [0.15, 0.2) is 0 Å². The van der Waals surface area contributed by atoms with Crippen LogP contribution in [0.3, 0.4) is 0 Å². The fourth-order valence-corrected chi connectivity index (χ4v) is 5.39. The Labute approximate surface area is 190 Å². The maximum absolute atomic E-state index is 13.6. The molecule has 6 nitrogen and oxygen atoms in total. The second-order valence-electron chi connectivity index (χ2n) is 8.26. The monoisotopic (exact) mass is 451 g/mol. The summed E-state index contributed by atoms with van der Waals surface area (Å²) in [7, 11) is -3.74. The molecule has 2 aromatic carbocycles. The summed E-state index contributed by atoms with van der Waals surface area (Å²) in [6.07, 6.45) is 1.69. The van der Waals surface area contributed by atoms with Crippen LogP contribution in [0.2, 0.25) is 0 Å². The van der Waals surface area contributed by atoms with Gasteiger partial charge in [0.1, 0.15) is 10.7 Å². The molecule has 168 valence electrons. The van der Waals surface area contributed by atoms with Crippen LogP contribution in [0.25, 0.3) is 0 Å². The molecule has 0 radical (unpaired) electrons. The van der Waals surface area contributed by atoms with E-state index in [1.54, 1.807) is 12.1 Å². The summed E-state index contributed by atoms with van der Waals surface area (Å²) in [6, 6.07) is 22.7. The summed E-state index contributed by atoms with van der Waals surface area (Å²) in [6.45, 7) is 6.12. The molecule has 1 aromatic heterocycles. The first kappa shape index (κ1) is 22.5. The van der Waals surface area contributed by atoms with Gasteiger partial charge in [-0.15, -0.1) is 0 Å². The van der Waals surface area contributed by atoms with E-state index in [2.05, 4.69) is 9.88 Å². The number of morpholine rings is 1. The van der Waals surface area contributed by atoms with E-state index < -0.39 is 10.0 Å². The number of anilines is 1. The van der Waals surface area contributed by atoms with Gasteiger partial charge in [-0.2, -0.15) is 4.31 Å². The predicted molar refractivity (Wildman–Crippen MR) is 126 cm³/mol. The number of pyridine rings is 1. The third kappa shape index (κ3) is 5.35. The average Bonchev–Trinajstić information content (AvgIpc) is 2.79. The molecule has 1 fully saturated rings. The second-order valence-corrected chi connectivity index (χ2v) is 10.2. The second kappa shape index (κ2) is 9.81. The highest BCUT2D eigenvalue weighted by Gasteiger charge is 2.27. The fourth-order valence-electron chi connectivity index (χ4n) is 4.03. The van der Waals surface area contributed by atoms with Crippen molar-refractivity contribution in [2.45, 2.75) is 44.0 Å². The van der Waals surface area contributed by atoms with Crippen molar-refractivity contribution in [3.05, 3.63) is 90.1 Å². The average molecular weight is 452 g/mol. The number of benzene rings is 2. The van der Waals surface area contributed by atoms with E-state index in [0.29, 0.717) is 0 Å². The Hall–Kier alpha value is -2.74. The molecular formula is C25H29N3O3S. The van der Waals surface area contributed by atoms with Crippen LogP contribution >= 0.6 is 0 Å². The van der Waals surface area contributed by atoms with Gasteiger partial charge >= 0.3 is 0 Å². The summed E-state index contributed by atoms with van der Waals surface area (Å²) in [5, 5.41) is 0.